The summed E-state index contributed by atoms with van der Waals surface area (Å²) in [5.74, 6) is 0.213. The quantitative estimate of drug-likeness (QED) is 0.386. The fraction of sp³-hybridized carbons (Fsp3) is 0.364. The molecule has 0 aromatic carbocycles. The van der Waals surface area contributed by atoms with Gasteiger partial charge in [-0.3, -0.25) is 4.79 Å². The van der Waals surface area contributed by atoms with E-state index in [0.29, 0.717) is 5.56 Å². The number of hydrogen-bond acceptors (Lipinski definition) is 4. The van der Waals surface area contributed by atoms with Crippen molar-refractivity contribution in [2.24, 2.45) is 27.4 Å². The van der Waals surface area contributed by atoms with Crippen LogP contribution in [0.2, 0.25) is 0 Å². The molecule has 7 nitrogen and oxygen atoms in total. The Hall–Kier alpha value is -2.31. The van der Waals surface area contributed by atoms with Crippen molar-refractivity contribution in [3.05, 3.63) is 22.6 Å². The molecule has 1 aliphatic carbocycles. The number of hydrogen-bond donors (Lipinski definition) is 3. The largest absolute Gasteiger partial charge is 0.455 e. The first kappa shape index (κ1) is 12.2. The number of primary amides is 1. The van der Waals surface area contributed by atoms with Crippen LogP contribution in [-0.4, -0.2) is 17.6 Å². The fourth-order valence-electron chi connectivity index (χ4n) is 2.12. The molecule has 96 valence electrons. The summed E-state index contributed by atoms with van der Waals surface area (Å²) in [7, 11) is 0. The monoisotopic (exact) mass is 249 g/mol. The molecule has 0 spiro atoms. The predicted molar refractivity (Wildman–Crippen MR) is 67.2 cm³/mol. The van der Waals surface area contributed by atoms with Gasteiger partial charge in [0.1, 0.15) is 5.76 Å². The van der Waals surface area contributed by atoms with E-state index < -0.39 is 5.91 Å². The van der Waals surface area contributed by atoms with Gasteiger partial charge in [-0.05, 0) is 19.8 Å². The second-order valence-corrected chi connectivity index (χ2v) is 4.14. The van der Waals surface area contributed by atoms with Crippen LogP contribution in [0, 0.1) is 6.92 Å². The summed E-state index contributed by atoms with van der Waals surface area (Å²) >= 11 is 0. The highest BCUT2D eigenvalue weighted by molar-refractivity contribution is 6.06. The minimum absolute atomic E-state index is 0.106. The van der Waals surface area contributed by atoms with Gasteiger partial charge < -0.3 is 21.6 Å². The molecule has 0 fully saturated rings. The Bertz CT molecular complexity index is 552. The van der Waals surface area contributed by atoms with E-state index in [-0.39, 0.29) is 11.7 Å². The highest BCUT2D eigenvalue weighted by Crippen LogP contribution is 2.29. The predicted octanol–water partition coefficient (Wildman–Crippen LogP) is 0.000720. The first-order valence-electron chi connectivity index (χ1n) is 5.58. The molecule has 18 heavy (non-hydrogen) atoms. The SMILES string of the molecule is Cc1c(C(N)=O)oc2c1/C(=N/N=C(N)N)CCC2. The zero-order valence-electron chi connectivity index (χ0n) is 10.1. The second-order valence-electron chi connectivity index (χ2n) is 4.14. The summed E-state index contributed by atoms with van der Waals surface area (Å²) in [5, 5.41) is 7.64. The Morgan fingerprint density at radius 3 is 2.61 bits per heavy atom. The number of amides is 1. The molecular formula is C11H15N5O2. The van der Waals surface area contributed by atoms with E-state index in [0.717, 1.165) is 36.3 Å². The average Bonchev–Trinajstić information content (AvgIpc) is 2.65. The number of aryl methyl sites for hydroxylation is 1. The van der Waals surface area contributed by atoms with Crippen LogP contribution < -0.4 is 17.2 Å². The third kappa shape index (κ3) is 2.06. The van der Waals surface area contributed by atoms with Gasteiger partial charge in [0.25, 0.3) is 5.91 Å². The molecule has 0 saturated carbocycles. The highest BCUT2D eigenvalue weighted by atomic mass is 16.4. The molecule has 2 rings (SSSR count). The number of furan rings is 1. The molecule has 7 heteroatoms. The molecule has 1 aliphatic rings. The lowest BCUT2D eigenvalue weighted by molar-refractivity contribution is 0.0971. The third-order valence-electron chi connectivity index (χ3n) is 2.84. The summed E-state index contributed by atoms with van der Waals surface area (Å²) in [5.41, 5.74) is 18.0. The Balaban J connectivity index is 2.52. The first-order chi connectivity index (χ1) is 8.50. The van der Waals surface area contributed by atoms with Gasteiger partial charge in [-0.1, -0.05) is 0 Å². The van der Waals surface area contributed by atoms with E-state index in [2.05, 4.69) is 10.2 Å². The minimum Gasteiger partial charge on any atom is -0.455 e. The molecule has 1 heterocycles. The van der Waals surface area contributed by atoms with Crippen LogP contribution in [0.5, 0.6) is 0 Å². The van der Waals surface area contributed by atoms with E-state index >= 15 is 0 Å². The van der Waals surface area contributed by atoms with Gasteiger partial charge in [-0.2, -0.15) is 5.10 Å². The molecule has 1 amide bonds. The van der Waals surface area contributed by atoms with Gasteiger partial charge >= 0.3 is 0 Å². The number of carbonyl (C=O) groups excluding carboxylic acids is 1. The average molecular weight is 249 g/mol. The Kier molecular flexibility index (Phi) is 3.05. The number of nitrogens with zero attached hydrogens (tertiary/aromatic N) is 2. The molecule has 0 radical (unpaired) electrons. The van der Waals surface area contributed by atoms with Crippen LogP contribution in [-0.2, 0) is 6.42 Å². The van der Waals surface area contributed by atoms with Crippen molar-refractivity contribution >= 4 is 17.6 Å². The van der Waals surface area contributed by atoms with Crippen molar-refractivity contribution in [1.82, 2.24) is 0 Å². The lowest BCUT2D eigenvalue weighted by Crippen LogP contribution is -2.22. The van der Waals surface area contributed by atoms with E-state index in [1.807, 2.05) is 0 Å². The van der Waals surface area contributed by atoms with Crippen LogP contribution in [0.1, 0.15) is 40.3 Å². The van der Waals surface area contributed by atoms with Gasteiger partial charge in [0.2, 0.25) is 5.96 Å². The zero-order valence-corrected chi connectivity index (χ0v) is 10.1. The van der Waals surface area contributed by atoms with Crippen molar-refractivity contribution in [1.29, 1.82) is 0 Å². The minimum atomic E-state index is -0.580. The van der Waals surface area contributed by atoms with E-state index in [9.17, 15) is 4.79 Å². The van der Waals surface area contributed by atoms with Gasteiger partial charge in [0.15, 0.2) is 5.76 Å². The topological polar surface area (TPSA) is 133 Å². The van der Waals surface area contributed by atoms with Crippen LogP contribution in [0.4, 0.5) is 0 Å². The summed E-state index contributed by atoms with van der Waals surface area (Å²) in [6.45, 7) is 1.78. The Labute approximate surface area is 104 Å². The lowest BCUT2D eigenvalue weighted by atomic mass is 9.93. The van der Waals surface area contributed by atoms with Crippen molar-refractivity contribution in [2.75, 3.05) is 0 Å². The summed E-state index contributed by atoms with van der Waals surface area (Å²) in [4.78, 5) is 11.2. The van der Waals surface area contributed by atoms with Gasteiger partial charge in [0.05, 0.1) is 5.71 Å². The summed E-state index contributed by atoms with van der Waals surface area (Å²) in [6.07, 6.45) is 2.36. The van der Waals surface area contributed by atoms with Crippen LogP contribution in [0.3, 0.4) is 0 Å². The molecule has 6 N–H and O–H groups in total. The number of fused-ring (bicyclic) bond motifs is 1. The van der Waals surface area contributed by atoms with Crippen molar-refractivity contribution in [3.8, 4) is 0 Å². The molecule has 0 bridgehead atoms. The number of nitrogens with two attached hydrogens (primary N) is 3. The van der Waals surface area contributed by atoms with E-state index in [1.54, 1.807) is 6.92 Å². The number of guanidine groups is 1. The maximum Gasteiger partial charge on any atom is 0.284 e. The molecule has 0 aliphatic heterocycles. The molecule has 0 saturated heterocycles. The zero-order chi connectivity index (χ0) is 13.3. The number of rotatable bonds is 2. The van der Waals surface area contributed by atoms with Crippen molar-refractivity contribution < 1.29 is 9.21 Å². The van der Waals surface area contributed by atoms with E-state index in [4.69, 9.17) is 21.6 Å². The smallest absolute Gasteiger partial charge is 0.284 e. The fourth-order valence-corrected chi connectivity index (χ4v) is 2.12. The lowest BCUT2D eigenvalue weighted by Gasteiger charge is -2.11. The van der Waals surface area contributed by atoms with Crippen molar-refractivity contribution in [2.45, 2.75) is 26.2 Å². The third-order valence-corrected chi connectivity index (χ3v) is 2.84. The summed E-state index contributed by atoms with van der Waals surface area (Å²) in [6, 6.07) is 0. The molecule has 1 aromatic heterocycles. The van der Waals surface area contributed by atoms with Crippen LogP contribution >= 0.6 is 0 Å². The highest BCUT2D eigenvalue weighted by Gasteiger charge is 2.26. The second kappa shape index (κ2) is 4.52. The van der Waals surface area contributed by atoms with E-state index in [1.165, 1.54) is 0 Å². The van der Waals surface area contributed by atoms with Crippen LogP contribution in [0.25, 0.3) is 0 Å². The molecule has 1 aromatic rings. The van der Waals surface area contributed by atoms with Crippen molar-refractivity contribution in [3.63, 3.8) is 0 Å². The normalized spacial score (nSPS) is 16.4. The standard InChI is InChI=1S/C11H15N5O2/c1-5-8-6(15-16-11(13)14)3-2-4-7(8)18-9(5)10(12)17/h2-4H2,1H3,(H2,12,17)(H4,13,14,16)/b15-6+. The maximum absolute atomic E-state index is 11.2. The molecule has 0 unspecified atom stereocenters. The van der Waals surface area contributed by atoms with Gasteiger partial charge in [-0.25, -0.2) is 0 Å². The number of carbonyl (C=O) groups is 1. The molecule has 0 atom stereocenters. The van der Waals surface area contributed by atoms with Gasteiger partial charge in [0, 0.05) is 17.5 Å². The molecular weight excluding hydrogens is 234 g/mol. The van der Waals surface area contributed by atoms with Crippen LogP contribution in [0.15, 0.2) is 14.6 Å². The summed E-state index contributed by atoms with van der Waals surface area (Å²) < 4.78 is 5.47. The maximum atomic E-state index is 11.2. The van der Waals surface area contributed by atoms with Gasteiger partial charge in [-0.15, -0.1) is 5.10 Å². The first-order valence-corrected chi connectivity index (χ1v) is 5.58. The Morgan fingerprint density at radius 2 is 2.00 bits per heavy atom. The Morgan fingerprint density at radius 1 is 1.28 bits per heavy atom.